The first-order valence-electron chi connectivity index (χ1n) is 12.9. The van der Waals surface area contributed by atoms with Crippen molar-refractivity contribution in [1.82, 2.24) is 20.2 Å². The second-order valence-corrected chi connectivity index (χ2v) is 10.9. The van der Waals surface area contributed by atoms with Crippen molar-refractivity contribution in [2.24, 2.45) is 0 Å². The number of carbonyl (C=O) groups is 2. The molecule has 200 valence electrons. The molecule has 0 bridgehead atoms. The Hall–Kier alpha value is -3.40. The number of aromatic nitrogens is 2. The highest BCUT2D eigenvalue weighted by Gasteiger charge is 2.42. The van der Waals surface area contributed by atoms with Crippen LogP contribution in [0.1, 0.15) is 57.3 Å². The molecule has 4 rings (SSSR count). The second kappa shape index (κ2) is 10.5. The van der Waals surface area contributed by atoms with E-state index in [1.165, 1.54) is 0 Å². The van der Waals surface area contributed by atoms with E-state index in [-0.39, 0.29) is 29.4 Å². The summed E-state index contributed by atoms with van der Waals surface area (Å²) in [5.41, 5.74) is 1.53. The Labute approximate surface area is 219 Å². The normalized spacial score (nSPS) is 19.0. The van der Waals surface area contributed by atoms with E-state index in [9.17, 15) is 9.59 Å². The molecule has 3 heterocycles. The minimum atomic E-state index is -0.321. The Morgan fingerprint density at radius 1 is 1.19 bits per heavy atom. The Morgan fingerprint density at radius 3 is 2.51 bits per heavy atom. The number of hydrogen-bond acceptors (Lipinski definition) is 8. The zero-order valence-corrected chi connectivity index (χ0v) is 23.0. The molecule has 1 atom stereocenters. The van der Waals surface area contributed by atoms with Gasteiger partial charge in [0.2, 0.25) is 11.9 Å². The van der Waals surface area contributed by atoms with Gasteiger partial charge < -0.3 is 30.1 Å². The number of benzene rings is 1. The van der Waals surface area contributed by atoms with Crippen LogP contribution in [0.3, 0.4) is 0 Å². The molecule has 0 saturated carbocycles. The van der Waals surface area contributed by atoms with Crippen molar-refractivity contribution in [3.05, 3.63) is 30.0 Å². The van der Waals surface area contributed by atoms with Gasteiger partial charge in [-0.25, -0.2) is 4.98 Å². The van der Waals surface area contributed by atoms with E-state index in [2.05, 4.69) is 53.2 Å². The summed E-state index contributed by atoms with van der Waals surface area (Å²) in [6.45, 7) is 10.2. The minimum Gasteiger partial charge on any atom is -0.495 e. The van der Waals surface area contributed by atoms with Gasteiger partial charge in [0.1, 0.15) is 17.5 Å². The molecule has 0 aliphatic carbocycles. The number of nitrogens with zero attached hydrogens (tertiary/aromatic N) is 5. The predicted molar refractivity (Wildman–Crippen MR) is 146 cm³/mol. The van der Waals surface area contributed by atoms with Gasteiger partial charge >= 0.3 is 0 Å². The molecule has 10 nitrogen and oxygen atoms in total. The van der Waals surface area contributed by atoms with Crippen LogP contribution in [0.5, 0.6) is 5.75 Å². The molecule has 1 fully saturated rings. The number of anilines is 4. The van der Waals surface area contributed by atoms with Gasteiger partial charge in [-0.15, -0.1) is 0 Å². The monoisotopic (exact) mass is 509 g/mol. The van der Waals surface area contributed by atoms with Crippen molar-refractivity contribution in [2.75, 3.05) is 49.4 Å². The molecule has 37 heavy (non-hydrogen) atoms. The molecule has 2 aromatic rings. The molecular weight excluding hydrogens is 470 g/mol. The lowest BCUT2D eigenvalue weighted by atomic mass is 9.98. The maximum Gasteiger partial charge on any atom is 0.251 e. The van der Waals surface area contributed by atoms with Gasteiger partial charge in [0.25, 0.3) is 5.91 Å². The lowest BCUT2D eigenvalue weighted by Crippen LogP contribution is -2.59. The van der Waals surface area contributed by atoms with Gasteiger partial charge in [-0.3, -0.25) is 9.59 Å². The van der Waals surface area contributed by atoms with Crippen LogP contribution in [0, 0.1) is 0 Å². The van der Waals surface area contributed by atoms with Crippen LogP contribution in [0.25, 0.3) is 0 Å². The third kappa shape index (κ3) is 5.49. The quantitative estimate of drug-likeness (QED) is 0.611. The Morgan fingerprint density at radius 2 is 1.89 bits per heavy atom. The lowest BCUT2D eigenvalue weighted by Gasteiger charge is -2.47. The summed E-state index contributed by atoms with van der Waals surface area (Å²) >= 11 is 0. The summed E-state index contributed by atoms with van der Waals surface area (Å²) in [6, 6.07) is 5.17. The number of piperidine rings is 1. The fourth-order valence-corrected chi connectivity index (χ4v) is 5.06. The van der Waals surface area contributed by atoms with Crippen molar-refractivity contribution in [3.63, 3.8) is 0 Å². The summed E-state index contributed by atoms with van der Waals surface area (Å²) in [4.78, 5) is 41.2. The first-order chi connectivity index (χ1) is 17.5. The van der Waals surface area contributed by atoms with Crippen molar-refractivity contribution in [2.45, 2.75) is 64.6 Å². The van der Waals surface area contributed by atoms with Crippen LogP contribution in [-0.4, -0.2) is 78.6 Å². The molecule has 1 aromatic carbocycles. The molecule has 0 radical (unpaired) electrons. The Kier molecular flexibility index (Phi) is 7.59. The van der Waals surface area contributed by atoms with Crippen molar-refractivity contribution in [3.8, 4) is 5.75 Å². The van der Waals surface area contributed by atoms with Crippen LogP contribution < -0.4 is 25.2 Å². The summed E-state index contributed by atoms with van der Waals surface area (Å²) in [7, 11) is 5.43. The average molecular weight is 510 g/mol. The van der Waals surface area contributed by atoms with Crippen LogP contribution in [0.4, 0.5) is 23.1 Å². The number of methoxy groups -OCH3 is 1. The second-order valence-electron chi connectivity index (χ2n) is 10.9. The summed E-state index contributed by atoms with van der Waals surface area (Å²) in [5, 5.41) is 6.38. The third-order valence-corrected chi connectivity index (χ3v) is 7.14. The van der Waals surface area contributed by atoms with Crippen LogP contribution in [-0.2, 0) is 4.79 Å². The number of amides is 2. The van der Waals surface area contributed by atoms with E-state index in [4.69, 9.17) is 9.72 Å². The van der Waals surface area contributed by atoms with E-state index in [0.717, 1.165) is 25.9 Å². The van der Waals surface area contributed by atoms with Crippen LogP contribution >= 0.6 is 0 Å². The van der Waals surface area contributed by atoms with Crippen molar-refractivity contribution >= 4 is 35.0 Å². The number of nitrogens with one attached hydrogen (secondary N) is 2. The van der Waals surface area contributed by atoms with E-state index >= 15 is 0 Å². The Balaban J connectivity index is 1.58. The first kappa shape index (κ1) is 26.7. The first-order valence-corrected chi connectivity index (χ1v) is 12.9. The summed E-state index contributed by atoms with van der Waals surface area (Å²) in [5.74, 6) is 1.52. The number of likely N-dealkylation sites (N-methyl/N-ethyl adjacent to an activating group) is 1. The standard InChI is InChI=1S/C27H39N7O3/c1-8-20-25(36)33(6)21-16-28-26(31-23(21)34(20)27(2,3)4)30-19-10-9-17(15-22(19)37-7)24(35)29-18-11-13-32(5)14-12-18/h9-10,15-16,18,20H,8,11-14H2,1-7H3,(H,29,35)(H,28,30,31). The fourth-order valence-electron chi connectivity index (χ4n) is 5.06. The van der Waals surface area contributed by atoms with Gasteiger partial charge in [0.15, 0.2) is 5.82 Å². The summed E-state index contributed by atoms with van der Waals surface area (Å²) < 4.78 is 5.60. The Bertz CT molecular complexity index is 1160. The highest BCUT2D eigenvalue weighted by atomic mass is 16.5. The minimum absolute atomic E-state index is 0.0324. The lowest BCUT2D eigenvalue weighted by molar-refractivity contribution is -0.120. The number of rotatable bonds is 6. The van der Waals surface area contributed by atoms with Gasteiger partial charge in [0.05, 0.1) is 19.0 Å². The van der Waals surface area contributed by atoms with Crippen molar-refractivity contribution in [1.29, 1.82) is 0 Å². The van der Waals surface area contributed by atoms with E-state index in [1.54, 1.807) is 43.5 Å². The molecule has 2 aliphatic heterocycles. The number of likely N-dealkylation sites (tertiary alicyclic amines) is 1. The summed E-state index contributed by atoms with van der Waals surface area (Å²) in [6.07, 6.45) is 4.23. The number of fused-ring (bicyclic) bond motifs is 1. The smallest absolute Gasteiger partial charge is 0.251 e. The molecule has 2 aliphatic rings. The molecular formula is C27H39N7O3. The average Bonchev–Trinajstić information content (AvgIpc) is 2.86. The molecule has 2 amide bonds. The van der Waals surface area contributed by atoms with Crippen LogP contribution in [0.15, 0.2) is 24.4 Å². The zero-order valence-electron chi connectivity index (χ0n) is 23.0. The van der Waals surface area contributed by atoms with E-state index in [1.807, 2.05) is 6.92 Å². The highest BCUT2D eigenvalue weighted by molar-refractivity contribution is 6.04. The maximum atomic E-state index is 13.0. The molecule has 0 spiro atoms. The predicted octanol–water partition coefficient (Wildman–Crippen LogP) is 3.41. The zero-order chi connectivity index (χ0) is 26.9. The maximum absolute atomic E-state index is 13.0. The van der Waals surface area contributed by atoms with Crippen molar-refractivity contribution < 1.29 is 14.3 Å². The van der Waals surface area contributed by atoms with E-state index in [0.29, 0.717) is 40.9 Å². The molecule has 10 heteroatoms. The molecule has 2 N–H and O–H groups in total. The highest BCUT2D eigenvalue weighted by Crippen LogP contribution is 2.39. The number of hydrogen-bond donors (Lipinski definition) is 2. The van der Waals surface area contributed by atoms with Gasteiger partial charge in [-0.05, 0) is 78.4 Å². The molecule has 1 unspecified atom stereocenters. The van der Waals surface area contributed by atoms with Gasteiger partial charge in [-0.1, -0.05) is 6.92 Å². The van der Waals surface area contributed by atoms with Gasteiger partial charge in [-0.2, -0.15) is 4.98 Å². The largest absolute Gasteiger partial charge is 0.495 e. The number of carbonyl (C=O) groups excluding carboxylic acids is 2. The molecule has 1 saturated heterocycles. The third-order valence-electron chi connectivity index (χ3n) is 7.14. The SMILES string of the molecule is CCC1C(=O)N(C)c2cnc(Nc3ccc(C(=O)NC4CCN(C)CC4)cc3OC)nc2N1C(C)(C)C. The van der Waals surface area contributed by atoms with Gasteiger partial charge in [0, 0.05) is 24.2 Å². The number of ether oxygens (including phenoxy) is 1. The molecule has 1 aromatic heterocycles. The van der Waals surface area contributed by atoms with E-state index < -0.39 is 0 Å². The topological polar surface area (TPSA) is 103 Å². The van der Waals surface area contributed by atoms with Crippen LogP contribution in [0.2, 0.25) is 0 Å². The fraction of sp³-hybridized carbons (Fsp3) is 0.556.